The third kappa shape index (κ3) is 7.78. The van der Waals surface area contributed by atoms with E-state index in [2.05, 4.69) is 0 Å². The first kappa shape index (κ1) is 10.9. The Morgan fingerprint density at radius 2 is 1.64 bits per heavy atom. The van der Waals surface area contributed by atoms with Gasteiger partial charge in [0.25, 0.3) is 0 Å². The fourth-order valence-corrected chi connectivity index (χ4v) is 0.676. The minimum Gasteiger partial charge on any atom is -0.375 e. The van der Waals surface area contributed by atoms with Crippen LogP contribution in [0.3, 0.4) is 0 Å². The number of hydrogen-bond acceptors (Lipinski definition) is 3. The van der Waals surface area contributed by atoms with Crippen LogP contribution in [0.2, 0.25) is 0 Å². The van der Waals surface area contributed by atoms with Gasteiger partial charge in [-0.05, 0) is 27.7 Å². The van der Waals surface area contributed by atoms with Gasteiger partial charge in [0.05, 0.1) is 18.8 Å². The Hall–Kier alpha value is -0.120. The van der Waals surface area contributed by atoms with Crippen LogP contribution in [0.25, 0.3) is 0 Å². The van der Waals surface area contributed by atoms with Gasteiger partial charge in [0.15, 0.2) is 0 Å². The molecule has 0 aromatic heterocycles. The molecule has 0 radical (unpaired) electrons. The van der Waals surface area contributed by atoms with Crippen LogP contribution in [0.4, 0.5) is 0 Å². The van der Waals surface area contributed by atoms with E-state index in [0.717, 1.165) is 0 Å². The van der Waals surface area contributed by atoms with Gasteiger partial charge in [-0.25, -0.2) is 0 Å². The molecule has 0 aromatic carbocycles. The van der Waals surface area contributed by atoms with Crippen molar-refractivity contribution >= 4 is 0 Å². The van der Waals surface area contributed by atoms with Crippen molar-refractivity contribution in [3.63, 3.8) is 0 Å². The predicted molar refractivity (Wildman–Crippen MR) is 45.3 cm³/mol. The first-order valence-electron chi connectivity index (χ1n) is 4.05. The molecular formula is C8H19NO2. The summed E-state index contributed by atoms with van der Waals surface area (Å²) in [4.78, 5) is 0. The first-order valence-corrected chi connectivity index (χ1v) is 4.05. The highest BCUT2D eigenvalue weighted by Crippen LogP contribution is 1.95. The molecule has 0 rings (SSSR count). The lowest BCUT2D eigenvalue weighted by Crippen LogP contribution is -2.33. The van der Waals surface area contributed by atoms with Crippen LogP contribution in [-0.2, 0) is 9.47 Å². The van der Waals surface area contributed by atoms with Crippen molar-refractivity contribution in [1.29, 1.82) is 0 Å². The summed E-state index contributed by atoms with van der Waals surface area (Å²) < 4.78 is 10.5. The zero-order valence-corrected chi connectivity index (χ0v) is 7.83. The number of nitrogens with two attached hydrogens (primary N) is 1. The topological polar surface area (TPSA) is 44.5 Å². The summed E-state index contributed by atoms with van der Waals surface area (Å²) in [5, 5.41) is 0. The third-order valence-corrected chi connectivity index (χ3v) is 1.04. The molecule has 3 heteroatoms. The molecule has 3 nitrogen and oxygen atoms in total. The van der Waals surface area contributed by atoms with Crippen molar-refractivity contribution < 1.29 is 9.47 Å². The fraction of sp³-hybridized carbons (Fsp3) is 1.00. The molecule has 0 bridgehead atoms. The molecular weight excluding hydrogens is 142 g/mol. The van der Waals surface area contributed by atoms with Crippen LogP contribution in [0.1, 0.15) is 27.7 Å². The van der Waals surface area contributed by atoms with E-state index >= 15 is 0 Å². The highest BCUT2D eigenvalue weighted by atomic mass is 16.5. The summed E-state index contributed by atoms with van der Waals surface area (Å²) in [5.41, 5.74) is 5.58. The lowest BCUT2D eigenvalue weighted by atomic mass is 10.4. The maximum Gasteiger partial charge on any atom is 0.129 e. The number of hydrogen-bond donors (Lipinski definition) is 1. The molecule has 0 spiro atoms. The molecule has 0 aromatic rings. The lowest BCUT2D eigenvalue weighted by Gasteiger charge is -2.17. The second kappa shape index (κ2) is 5.52. The second-order valence-corrected chi connectivity index (χ2v) is 3.11. The fourth-order valence-electron chi connectivity index (χ4n) is 0.676. The zero-order valence-electron chi connectivity index (χ0n) is 7.83. The van der Waals surface area contributed by atoms with Gasteiger partial charge in [0.2, 0.25) is 0 Å². The van der Waals surface area contributed by atoms with E-state index in [-0.39, 0.29) is 18.4 Å². The molecule has 0 saturated heterocycles. The average Bonchev–Trinajstić information content (AvgIpc) is 1.82. The van der Waals surface area contributed by atoms with Crippen molar-refractivity contribution in [1.82, 2.24) is 0 Å². The van der Waals surface area contributed by atoms with E-state index < -0.39 is 0 Å². The van der Waals surface area contributed by atoms with Gasteiger partial charge >= 0.3 is 0 Å². The molecule has 11 heavy (non-hydrogen) atoms. The normalized spacial score (nSPS) is 14.5. The molecule has 0 heterocycles. The van der Waals surface area contributed by atoms with E-state index in [1.807, 2.05) is 27.7 Å². The van der Waals surface area contributed by atoms with Crippen molar-refractivity contribution in [3.05, 3.63) is 0 Å². The monoisotopic (exact) mass is 161 g/mol. The highest BCUT2D eigenvalue weighted by molar-refractivity contribution is 4.49. The van der Waals surface area contributed by atoms with Crippen molar-refractivity contribution in [2.45, 2.75) is 46.1 Å². The molecule has 1 unspecified atom stereocenters. The van der Waals surface area contributed by atoms with Gasteiger partial charge in [0, 0.05) is 0 Å². The molecule has 0 amide bonds. The van der Waals surface area contributed by atoms with Crippen LogP contribution in [-0.4, -0.2) is 25.0 Å². The van der Waals surface area contributed by atoms with Crippen LogP contribution in [0.15, 0.2) is 0 Å². The maximum atomic E-state index is 5.58. The standard InChI is InChI=1S/C8H19NO2/c1-6(2)10-5-8(9)11-7(3)4/h6-8H,5,9H2,1-4H3. The Bertz CT molecular complexity index is 94.1. The van der Waals surface area contributed by atoms with Crippen LogP contribution < -0.4 is 5.73 Å². The average molecular weight is 161 g/mol. The van der Waals surface area contributed by atoms with Gasteiger partial charge in [-0.15, -0.1) is 0 Å². The van der Waals surface area contributed by atoms with E-state index in [0.29, 0.717) is 6.61 Å². The minimum atomic E-state index is -0.294. The van der Waals surface area contributed by atoms with Gasteiger partial charge in [-0.3, -0.25) is 0 Å². The summed E-state index contributed by atoms with van der Waals surface area (Å²) in [7, 11) is 0. The Labute approximate surface area is 68.9 Å². The smallest absolute Gasteiger partial charge is 0.129 e. The summed E-state index contributed by atoms with van der Waals surface area (Å²) in [5.74, 6) is 0. The molecule has 68 valence electrons. The van der Waals surface area contributed by atoms with Gasteiger partial charge in [-0.1, -0.05) is 0 Å². The van der Waals surface area contributed by atoms with E-state index in [1.165, 1.54) is 0 Å². The first-order chi connectivity index (χ1) is 5.02. The Kier molecular flexibility index (Phi) is 5.46. The summed E-state index contributed by atoms with van der Waals surface area (Å²) in [6.07, 6.45) is 0.0926. The maximum absolute atomic E-state index is 5.58. The van der Waals surface area contributed by atoms with Gasteiger partial charge in [0.1, 0.15) is 6.23 Å². The van der Waals surface area contributed by atoms with Crippen LogP contribution in [0, 0.1) is 0 Å². The van der Waals surface area contributed by atoms with E-state index in [1.54, 1.807) is 0 Å². The van der Waals surface area contributed by atoms with Crippen molar-refractivity contribution in [3.8, 4) is 0 Å². The van der Waals surface area contributed by atoms with Crippen LogP contribution in [0.5, 0.6) is 0 Å². The summed E-state index contributed by atoms with van der Waals surface area (Å²) in [6, 6.07) is 0. The van der Waals surface area contributed by atoms with Gasteiger partial charge in [-0.2, -0.15) is 0 Å². The van der Waals surface area contributed by atoms with Crippen molar-refractivity contribution in [2.24, 2.45) is 5.73 Å². The molecule has 0 aliphatic carbocycles. The lowest BCUT2D eigenvalue weighted by molar-refractivity contribution is -0.0551. The largest absolute Gasteiger partial charge is 0.375 e. The summed E-state index contributed by atoms with van der Waals surface area (Å²) in [6.45, 7) is 8.32. The van der Waals surface area contributed by atoms with E-state index in [4.69, 9.17) is 15.2 Å². The van der Waals surface area contributed by atoms with Crippen molar-refractivity contribution in [2.75, 3.05) is 6.61 Å². The predicted octanol–water partition coefficient (Wildman–Crippen LogP) is 1.12. The third-order valence-electron chi connectivity index (χ3n) is 1.04. The molecule has 0 fully saturated rings. The quantitative estimate of drug-likeness (QED) is 0.614. The number of rotatable bonds is 5. The van der Waals surface area contributed by atoms with Crippen LogP contribution >= 0.6 is 0 Å². The molecule has 2 N–H and O–H groups in total. The molecule has 1 atom stereocenters. The summed E-state index contributed by atoms with van der Waals surface area (Å²) >= 11 is 0. The Morgan fingerprint density at radius 1 is 1.09 bits per heavy atom. The zero-order chi connectivity index (χ0) is 8.85. The molecule has 0 saturated carbocycles. The SMILES string of the molecule is CC(C)OCC(N)OC(C)C. The minimum absolute atomic E-state index is 0.167. The van der Waals surface area contributed by atoms with E-state index in [9.17, 15) is 0 Å². The second-order valence-electron chi connectivity index (χ2n) is 3.11. The number of ether oxygens (including phenoxy) is 2. The Morgan fingerprint density at radius 3 is 2.00 bits per heavy atom. The Balaban J connectivity index is 3.29. The molecule has 0 aliphatic rings. The van der Waals surface area contributed by atoms with Gasteiger partial charge < -0.3 is 15.2 Å². The molecule has 0 aliphatic heterocycles. The highest BCUT2D eigenvalue weighted by Gasteiger charge is 2.05.